The van der Waals surface area contributed by atoms with E-state index in [1.807, 2.05) is 30.3 Å². The van der Waals surface area contributed by atoms with Gasteiger partial charge >= 0.3 is 0 Å². The molecule has 0 saturated carbocycles. The van der Waals surface area contributed by atoms with Crippen LogP contribution in [0, 0.1) is 0 Å². The average Bonchev–Trinajstić information content (AvgIpc) is 3.40. The van der Waals surface area contributed by atoms with Gasteiger partial charge in [0.2, 0.25) is 12.1 Å². The third-order valence-corrected chi connectivity index (χ3v) is 5.09. The molecule has 0 saturated heterocycles. The number of nitrogens with one attached hydrogen (secondary N) is 1. The minimum Gasteiger partial charge on any atom is -0.497 e. The van der Waals surface area contributed by atoms with Crippen molar-refractivity contribution in [2.24, 2.45) is 5.16 Å². The summed E-state index contributed by atoms with van der Waals surface area (Å²) in [5, 5.41) is 12.0. The quantitative estimate of drug-likeness (QED) is 0.623. The molecule has 0 spiro atoms. The van der Waals surface area contributed by atoms with Crippen LogP contribution in [0.5, 0.6) is 5.75 Å². The zero-order chi connectivity index (χ0) is 21.1. The highest BCUT2D eigenvalue weighted by Crippen LogP contribution is 2.22. The number of amides is 1. The van der Waals surface area contributed by atoms with Gasteiger partial charge in [-0.15, -0.1) is 5.10 Å². The number of nitrogens with zero attached hydrogens (tertiary/aromatic N) is 4. The molecule has 0 unspecified atom stereocenters. The zero-order valence-corrected chi connectivity index (χ0v) is 17.4. The lowest BCUT2D eigenvalue weighted by Crippen LogP contribution is -2.28. The SMILES string of the molecule is COc1ccc(C2=NO[C@H](C(=O)Nc3ncn(Cc4ccc(Cl)cc4Cl)n3)C2)cc1. The Labute approximate surface area is 182 Å². The van der Waals surface area contributed by atoms with Crippen LogP contribution in [0.25, 0.3) is 0 Å². The Bertz CT molecular complexity index is 1100. The molecule has 1 atom stereocenters. The molecule has 2 heterocycles. The molecule has 1 amide bonds. The third kappa shape index (κ3) is 4.55. The van der Waals surface area contributed by atoms with Gasteiger partial charge in [-0.1, -0.05) is 34.4 Å². The maximum absolute atomic E-state index is 12.5. The van der Waals surface area contributed by atoms with Crippen molar-refractivity contribution in [3.05, 3.63) is 70.0 Å². The van der Waals surface area contributed by atoms with E-state index in [2.05, 4.69) is 20.6 Å². The molecule has 0 aliphatic carbocycles. The van der Waals surface area contributed by atoms with Crippen LogP contribution in [-0.2, 0) is 16.2 Å². The summed E-state index contributed by atoms with van der Waals surface area (Å²) in [6, 6.07) is 12.6. The minimum absolute atomic E-state index is 0.173. The van der Waals surface area contributed by atoms with Crippen molar-refractivity contribution < 1.29 is 14.4 Å². The highest BCUT2D eigenvalue weighted by Gasteiger charge is 2.29. The second-order valence-electron chi connectivity index (χ2n) is 6.56. The standard InChI is InChI=1S/C20H17Cl2N5O3/c1-29-15-6-3-12(4-7-15)17-9-18(30-26-17)19(28)24-20-23-11-27(25-20)10-13-2-5-14(21)8-16(13)22/h2-8,11,18H,9-10H2,1H3,(H,24,25,28)/t18-/m0/s1. The Hall–Kier alpha value is -3.10. The summed E-state index contributed by atoms with van der Waals surface area (Å²) in [5.74, 6) is 0.547. The Morgan fingerprint density at radius 3 is 2.80 bits per heavy atom. The van der Waals surface area contributed by atoms with E-state index in [4.69, 9.17) is 32.8 Å². The molecule has 4 rings (SSSR count). The van der Waals surface area contributed by atoms with Gasteiger partial charge in [-0.25, -0.2) is 9.67 Å². The van der Waals surface area contributed by atoms with Crippen molar-refractivity contribution in [1.29, 1.82) is 0 Å². The molecule has 1 aliphatic rings. The van der Waals surface area contributed by atoms with Crippen LogP contribution in [0.15, 0.2) is 53.9 Å². The van der Waals surface area contributed by atoms with Crippen LogP contribution in [0.3, 0.4) is 0 Å². The molecule has 0 radical (unpaired) electrons. The molecule has 30 heavy (non-hydrogen) atoms. The highest BCUT2D eigenvalue weighted by molar-refractivity contribution is 6.35. The van der Waals surface area contributed by atoms with E-state index in [0.29, 0.717) is 28.7 Å². The molecule has 8 nitrogen and oxygen atoms in total. The van der Waals surface area contributed by atoms with Crippen LogP contribution in [0.2, 0.25) is 10.0 Å². The van der Waals surface area contributed by atoms with Gasteiger partial charge in [0.25, 0.3) is 5.91 Å². The fraction of sp³-hybridized carbons (Fsp3) is 0.200. The first-order chi connectivity index (χ1) is 14.5. The summed E-state index contributed by atoms with van der Waals surface area (Å²) in [5.41, 5.74) is 2.39. The van der Waals surface area contributed by atoms with Crippen molar-refractivity contribution in [2.75, 3.05) is 12.4 Å². The summed E-state index contributed by atoms with van der Waals surface area (Å²) >= 11 is 12.1. The van der Waals surface area contributed by atoms with Crippen LogP contribution in [0.1, 0.15) is 17.5 Å². The molecule has 0 bridgehead atoms. The fourth-order valence-corrected chi connectivity index (χ4v) is 3.38. The first-order valence-electron chi connectivity index (χ1n) is 9.03. The summed E-state index contributed by atoms with van der Waals surface area (Å²) < 4.78 is 6.71. The maximum Gasteiger partial charge on any atom is 0.271 e. The molecule has 1 N–H and O–H groups in total. The largest absolute Gasteiger partial charge is 0.497 e. The predicted molar refractivity (Wildman–Crippen MR) is 113 cm³/mol. The molecule has 1 aliphatic heterocycles. The number of carbonyl (C=O) groups excluding carboxylic acids is 1. The van der Waals surface area contributed by atoms with E-state index >= 15 is 0 Å². The van der Waals surface area contributed by atoms with Gasteiger partial charge in [-0.2, -0.15) is 0 Å². The lowest BCUT2D eigenvalue weighted by atomic mass is 10.0. The number of hydrogen-bond donors (Lipinski definition) is 1. The van der Waals surface area contributed by atoms with Crippen LogP contribution in [-0.4, -0.2) is 39.6 Å². The predicted octanol–water partition coefficient (Wildman–Crippen LogP) is 3.77. The van der Waals surface area contributed by atoms with Crippen LogP contribution < -0.4 is 10.1 Å². The number of hydrogen-bond acceptors (Lipinski definition) is 6. The lowest BCUT2D eigenvalue weighted by Gasteiger charge is -2.07. The first-order valence-corrected chi connectivity index (χ1v) is 9.79. The normalized spacial score (nSPS) is 15.4. The van der Waals surface area contributed by atoms with Crippen molar-refractivity contribution in [3.63, 3.8) is 0 Å². The third-order valence-electron chi connectivity index (χ3n) is 4.50. The Morgan fingerprint density at radius 1 is 1.27 bits per heavy atom. The molecule has 0 fully saturated rings. The topological polar surface area (TPSA) is 90.6 Å². The highest BCUT2D eigenvalue weighted by atomic mass is 35.5. The van der Waals surface area contributed by atoms with Crippen LogP contribution in [0.4, 0.5) is 5.95 Å². The number of rotatable bonds is 6. The molecular weight excluding hydrogens is 429 g/mol. The average molecular weight is 446 g/mol. The number of oxime groups is 1. The summed E-state index contributed by atoms with van der Waals surface area (Å²) in [7, 11) is 1.60. The van der Waals surface area contributed by atoms with E-state index in [-0.39, 0.29) is 11.9 Å². The lowest BCUT2D eigenvalue weighted by molar-refractivity contribution is -0.125. The van der Waals surface area contributed by atoms with Gasteiger partial charge < -0.3 is 9.57 Å². The van der Waals surface area contributed by atoms with Gasteiger partial charge in [0.15, 0.2) is 0 Å². The van der Waals surface area contributed by atoms with E-state index in [1.165, 1.54) is 6.33 Å². The number of ether oxygens (including phenoxy) is 1. The van der Waals surface area contributed by atoms with E-state index in [0.717, 1.165) is 16.9 Å². The Balaban J connectivity index is 1.34. The molecule has 2 aromatic carbocycles. The van der Waals surface area contributed by atoms with Gasteiger partial charge in [0.05, 0.1) is 19.4 Å². The van der Waals surface area contributed by atoms with Gasteiger partial charge in [0, 0.05) is 16.5 Å². The van der Waals surface area contributed by atoms with Crippen molar-refractivity contribution in [2.45, 2.75) is 19.1 Å². The molecule has 154 valence electrons. The maximum atomic E-state index is 12.5. The number of methoxy groups -OCH3 is 1. The zero-order valence-electron chi connectivity index (χ0n) is 15.9. The van der Waals surface area contributed by atoms with Crippen molar-refractivity contribution in [1.82, 2.24) is 14.8 Å². The number of benzene rings is 2. The second-order valence-corrected chi connectivity index (χ2v) is 7.40. The van der Waals surface area contributed by atoms with E-state index in [1.54, 1.807) is 23.9 Å². The van der Waals surface area contributed by atoms with Crippen molar-refractivity contribution in [3.8, 4) is 5.75 Å². The Kier molecular flexibility index (Phi) is 5.87. The minimum atomic E-state index is -0.750. The second kappa shape index (κ2) is 8.73. The number of aromatic nitrogens is 3. The van der Waals surface area contributed by atoms with Crippen molar-refractivity contribution >= 4 is 40.8 Å². The summed E-state index contributed by atoms with van der Waals surface area (Å²) in [4.78, 5) is 21.9. The summed E-state index contributed by atoms with van der Waals surface area (Å²) in [6.07, 6.45) is 1.11. The molecular formula is C20H17Cl2N5O3. The molecule has 3 aromatic rings. The first kappa shape index (κ1) is 20.2. The summed E-state index contributed by atoms with van der Waals surface area (Å²) in [6.45, 7) is 0.392. The smallest absolute Gasteiger partial charge is 0.271 e. The molecule has 10 heteroatoms. The van der Waals surface area contributed by atoms with Crippen LogP contribution >= 0.6 is 23.2 Å². The van der Waals surface area contributed by atoms with E-state index in [9.17, 15) is 4.79 Å². The Morgan fingerprint density at radius 2 is 2.07 bits per heavy atom. The van der Waals surface area contributed by atoms with Gasteiger partial charge in [0.1, 0.15) is 12.1 Å². The van der Waals surface area contributed by atoms with Gasteiger partial charge in [-0.3, -0.25) is 10.1 Å². The van der Waals surface area contributed by atoms with Gasteiger partial charge in [-0.05, 0) is 47.5 Å². The fourth-order valence-electron chi connectivity index (χ4n) is 2.92. The number of carbonyl (C=O) groups is 1. The number of anilines is 1. The van der Waals surface area contributed by atoms with E-state index < -0.39 is 6.10 Å². The monoisotopic (exact) mass is 445 g/mol. The number of halogens is 2. The molecule has 1 aromatic heterocycles.